The van der Waals surface area contributed by atoms with Crippen molar-refractivity contribution in [3.63, 3.8) is 0 Å². The number of aromatic nitrogens is 6. The summed E-state index contributed by atoms with van der Waals surface area (Å²) in [4.78, 5) is 5.84. The molecule has 4 aromatic rings. The first kappa shape index (κ1) is 26.2. The van der Waals surface area contributed by atoms with Gasteiger partial charge in [-0.1, -0.05) is 47.5 Å². The van der Waals surface area contributed by atoms with Gasteiger partial charge in [-0.05, 0) is 31.2 Å². The van der Waals surface area contributed by atoms with Gasteiger partial charge in [-0.15, -0.1) is 5.10 Å². The van der Waals surface area contributed by atoms with Crippen molar-refractivity contribution in [1.29, 1.82) is 0 Å². The average molecular weight is 536 g/mol. The van der Waals surface area contributed by atoms with Crippen LogP contribution in [0.15, 0.2) is 55.2 Å². The zero-order valence-electron chi connectivity index (χ0n) is 19.5. The van der Waals surface area contributed by atoms with Crippen LogP contribution >= 0.6 is 23.2 Å². The Labute approximate surface area is 217 Å². The topological polar surface area (TPSA) is 84.9 Å². The molecule has 1 unspecified atom stereocenters. The summed E-state index contributed by atoms with van der Waals surface area (Å²) in [5, 5.41) is 25.3. The number of aliphatic hydroxyl groups is 1. The Hall–Kier alpha value is -2.92. The van der Waals surface area contributed by atoms with Crippen LogP contribution in [0, 0.1) is 11.6 Å². The molecule has 1 atom stereocenters. The second-order valence-electron chi connectivity index (χ2n) is 8.57. The molecular formula is C24H25Cl2F2N7O. The fourth-order valence-corrected chi connectivity index (χ4v) is 4.65. The van der Waals surface area contributed by atoms with Crippen molar-refractivity contribution in [1.82, 2.24) is 34.7 Å². The smallest absolute Gasteiger partial charge is 0.137 e. The van der Waals surface area contributed by atoms with E-state index in [0.717, 1.165) is 24.1 Å². The summed E-state index contributed by atoms with van der Waals surface area (Å²) < 4.78 is 31.4. The zero-order valence-corrected chi connectivity index (χ0v) is 21.0. The maximum absolute atomic E-state index is 14.8. The maximum Gasteiger partial charge on any atom is 0.137 e. The molecule has 0 radical (unpaired) electrons. The summed E-state index contributed by atoms with van der Waals surface area (Å²) in [5.74, 6) is -1.56. The summed E-state index contributed by atoms with van der Waals surface area (Å²) in [6.45, 7) is 3.23. The molecule has 8 nitrogen and oxygen atoms in total. The Morgan fingerprint density at radius 3 is 2.56 bits per heavy atom. The fourth-order valence-electron chi connectivity index (χ4n) is 4.13. The second-order valence-corrected chi connectivity index (χ2v) is 9.38. The van der Waals surface area contributed by atoms with Gasteiger partial charge in [0.2, 0.25) is 0 Å². The first-order chi connectivity index (χ1) is 17.3. The molecule has 2 aromatic heterocycles. The molecule has 0 fully saturated rings. The van der Waals surface area contributed by atoms with Crippen molar-refractivity contribution in [2.75, 3.05) is 13.1 Å². The Morgan fingerprint density at radius 2 is 1.89 bits per heavy atom. The summed E-state index contributed by atoms with van der Waals surface area (Å²) >= 11 is 12.6. The average Bonchev–Trinajstić information content (AvgIpc) is 3.48. The molecule has 2 aromatic carbocycles. The number of halogens is 4. The van der Waals surface area contributed by atoms with Crippen molar-refractivity contribution in [3.05, 3.63) is 93.8 Å². The van der Waals surface area contributed by atoms with Gasteiger partial charge in [0.15, 0.2) is 0 Å². The largest absolute Gasteiger partial charge is 0.382 e. The van der Waals surface area contributed by atoms with Crippen molar-refractivity contribution in [2.45, 2.75) is 38.6 Å². The molecule has 0 saturated heterocycles. The predicted molar refractivity (Wildman–Crippen MR) is 131 cm³/mol. The number of nitrogens with zero attached hydrogens (tertiary/aromatic N) is 7. The molecule has 4 rings (SSSR count). The summed E-state index contributed by atoms with van der Waals surface area (Å²) in [7, 11) is 0. The van der Waals surface area contributed by atoms with E-state index in [1.54, 1.807) is 29.1 Å². The van der Waals surface area contributed by atoms with Gasteiger partial charge >= 0.3 is 0 Å². The van der Waals surface area contributed by atoms with E-state index in [-0.39, 0.29) is 18.7 Å². The minimum absolute atomic E-state index is 0.0301. The van der Waals surface area contributed by atoms with Crippen LogP contribution < -0.4 is 0 Å². The minimum atomic E-state index is -1.72. The van der Waals surface area contributed by atoms with Gasteiger partial charge < -0.3 is 5.11 Å². The molecule has 1 N–H and O–H groups in total. The van der Waals surface area contributed by atoms with Crippen LogP contribution in [-0.4, -0.2) is 52.9 Å². The van der Waals surface area contributed by atoms with Gasteiger partial charge in [-0.2, -0.15) is 5.10 Å². The molecule has 0 aliphatic heterocycles. The van der Waals surface area contributed by atoms with E-state index in [1.807, 2.05) is 11.8 Å². The van der Waals surface area contributed by atoms with Gasteiger partial charge in [0.05, 0.1) is 25.0 Å². The summed E-state index contributed by atoms with van der Waals surface area (Å²) in [5.41, 5.74) is -0.370. The number of rotatable bonds is 11. The normalized spacial score (nSPS) is 13.3. The molecule has 12 heteroatoms. The third-order valence-electron chi connectivity index (χ3n) is 5.70. The van der Waals surface area contributed by atoms with Crippen molar-refractivity contribution < 1.29 is 13.9 Å². The second kappa shape index (κ2) is 11.4. The molecule has 0 amide bonds. The molecule has 190 valence electrons. The SMILES string of the molecule is CCCN(Cc1cn(Cc2c(Cl)cccc2Cl)nn1)CC(O)(Cn1cncn1)c1ccc(F)cc1F. The van der Waals surface area contributed by atoms with Crippen LogP contribution in [0.3, 0.4) is 0 Å². The lowest BCUT2D eigenvalue weighted by atomic mass is 9.92. The molecule has 0 saturated carbocycles. The predicted octanol–water partition coefficient (Wildman–Crippen LogP) is 4.30. The first-order valence-electron chi connectivity index (χ1n) is 11.3. The lowest BCUT2D eigenvalue weighted by molar-refractivity contribution is -0.0239. The highest BCUT2D eigenvalue weighted by Gasteiger charge is 2.35. The third-order valence-corrected chi connectivity index (χ3v) is 6.41. The minimum Gasteiger partial charge on any atom is -0.382 e. The zero-order chi connectivity index (χ0) is 25.7. The molecule has 36 heavy (non-hydrogen) atoms. The van der Waals surface area contributed by atoms with Crippen LogP contribution in [0.5, 0.6) is 0 Å². The number of hydrogen-bond donors (Lipinski definition) is 1. The molecule has 0 aliphatic carbocycles. The Kier molecular flexibility index (Phi) is 8.30. The summed E-state index contributed by atoms with van der Waals surface area (Å²) in [6.07, 6.45) is 5.31. The highest BCUT2D eigenvalue weighted by molar-refractivity contribution is 6.35. The highest BCUT2D eigenvalue weighted by Crippen LogP contribution is 2.29. The van der Waals surface area contributed by atoms with Crippen LogP contribution in [0.4, 0.5) is 8.78 Å². The van der Waals surface area contributed by atoms with Crippen LogP contribution in [-0.2, 0) is 25.2 Å². The molecule has 2 heterocycles. The van der Waals surface area contributed by atoms with Gasteiger partial charge in [0.25, 0.3) is 0 Å². The number of hydrogen-bond acceptors (Lipinski definition) is 6. The van der Waals surface area contributed by atoms with Crippen LogP contribution in [0.1, 0.15) is 30.2 Å². The van der Waals surface area contributed by atoms with E-state index in [0.29, 0.717) is 35.4 Å². The molecular weight excluding hydrogens is 511 g/mol. The Balaban J connectivity index is 1.56. The van der Waals surface area contributed by atoms with Crippen LogP contribution in [0.2, 0.25) is 10.0 Å². The fraction of sp³-hybridized carbons (Fsp3) is 0.333. The lowest BCUT2D eigenvalue weighted by Gasteiger charge is -2.34. The van der Waals surface area contributed by atoms with Crippen molar-refractivity contribution in [2.24, 2.45) is 0 Å². The van der Waals surface area contributed by atoms with E-state index >= 15 is 0 Å². The quantitative estimate of drug-likeness (QED) is 0.308. The van der Waals surface area contributed by atoms with Gasteiger partial charge in [0, 0.05) is 40.3 Å². The monoisotopic (exact) mass is 535 g/mol. The standard InChI is InChI=1S/C24H25Cl2F2N7O/c1-2-8-33(10-18-11-34(32-31-18)12-19-21(25)4-3-5-22(19)26)13-24(36,14-35-16-29-15-30-35)20-7-6-17(27)9-23(20)28/h3-7,9,11,15-16,36H,2,8,10,12-14H2,1H3. The molecule has 0 aliphatic rings. The van der Waals surface area contributed by atoms with Crippen molar-refractivity contribution >= 4 is 23.2 Å². The van der Waals surface area contributed by atoms with E-state index in [2.05, 4.69) is 20.4 Å². The summed E-state index contributed by atoms with van der Waals surface area (Å²) in [6, 6.07) is 8.43. The third kappa shape index (κ3) is 6.25. The van der Waals surface area contributed by atoms with Gasteiger partial charge in [0.1, 0.15) is 29.9 Å². The van der Waals surface area contributed by atoms with Crippen molar-refractivity contribution in [3.8, 4) is 0 Å². The van der Waals surface area contributed by atoms with Crippen LogP contribution in [0.25, 0.3) is 0 Å². The van der Waals surface area contributed by atoms with E-state index in [9.17, 15) is 13.9 Å². The first-order valence-corrected chi connectivity index (χ1v) is 12.1. The lowest BCUT2D eigenvalue weighted by Crippen LogP contribution is -2.44. The van der Waals surface area contributed by atoms with Gasteiger partial charge in [-0.3, -0.25) is 4.90 Å². The molecule has 0 bridgehead atoms. The van der Waals surface area contributed by atoms with Gasteiger partial charge in [-0.25, -0.2) is 23.1 Å². The Morgan fingerprint density at radius 1 is 1.11 bits per heavy atom. The number of benzene rings is 2. The highest BCUT2D eigenvalue weighted by atomic mass is 35.5. The molecule has 0 spiro atoms. The van der Waals surface area contributed by atoms with E-state index in [4.69, 9.17) is 23.2 Å². The maximum atomic E-state index is 14.8. The van der Waals surface area contributed by atoms with E-state index < -0.39 is 17.2 Å². The Bertz CT molecular complexity index is 1280. The van der Waals surface area contributed by atoms with E-state index in [1.165, 1.54) is 23.4 Å².